The lowest BCUT2D eigenvalue weighted by atomic mass is 9.78. The number of nitrogens with zero attached hydrogens (tertiary/aromatic N) is 2. The molecule has 0 bridgehead atoms. The molecule has 0 saturated carbocycles. The Kier molecular flexibility index (Phi) is 2.54. The van der Waals surface area contributed by atoms with Crippen molar-refractivity contribution in [3.05, 3.63) is 23.3 Å². The first-order valence-corrected chi connectivity index (χ1v) is 4.29. The van der Waals surface area contributed by atoms with Crippen LogP contribution < -0.4 is 0 Å². The van der Waals surface area contributed by atoms with Crippen molar-refractivity contribution < 1.29 is 0 Å². The van der Waals surface area contributed by atoms with Gasteiger partial charge >= 0.3 is 0 Å². The highest BCUT2D eigenvalue weighted by Gasteiger charge is 2.22. The molecule has 0 N–H and O–H groups in total. The molecule has 0 radical (unpaired) electrons. The summed E-state index contributed by atoms with van der Waals surface area (Å²) in [6.07, 6.45) is 5.77. The lowest BCUT2D eigenvalue weighted by molar-refractivity contribution is 0.362. The maximum Gasteiger partial charge on any atom is 0.132 e. The molecule has 0 amide bonds. The van der Waals surface area contributed by atoms with E-state index in [1.54, 1.807) is 0 Å². The van der Waals surface area contributed by atoms with Crippen LogP contribution in [-0.2, 0) is 0 Å². The number of nitriles is 2. The Morgan fingerprint density at radius 2 is 2.00 bits per heavy atom. The van der Waals surface area contributed by atoms with Gasteiger partial charge in [0.25, 0.3) is 0 Å². The van der Waals surface area contributed by atoms with Gasteiger partial charge in [-0.2, -0.15) is 10.5 Å². The Hall–Kier alpha value is -1.54. The van der Waals surface area contributed by atoms with E-state index in [0.717, 1.165) is 18.4 Å². The molecule has 1 rings (SSSR count). The highest BCUT2D eigenvalue weighted by molar-refractivity contribution is 5.46. The summed E-state index contributed by atoms with van der Waals surface area (Å²) in [5.41, 5.74) is 1.31. The number of hydrogen-bond acceptors (Lipinski definition) is 2. The van der Waals surface area contributed by atoms with E-state index in [9.17, 15) is 0 Å². The van der Waals surface area contributed by atoms with Gasteiger partial charge in [0.2, 0.25) is 0 Å². The first kappa shape index (κ1) is 9.55. The molecule has 0 aliphatic heterocycles. The fourth-order valence-electron chi connectivity index (χ4n) is 1.51. The fraction of sp³-hybridized carbons (Fsp3) is 0.455. The van der Waals surface area contributed by atoms with Crippen molar-refractivity contribution in [3.63, 3.8) is 0 Å². The molecule has 13 heavy (non-hydrogen) atoms. The van der Waals surface area contributed by atoms with Gasteiger partial charge in [-0.05, 0) is 23.8 Å². The molecule has 0 fully saturated rings. The number of hydrogen-bond donors (Lipinski definition) is 0. The minimum Gasteiger partial charge on any atom is -0.192 e. The largest absolute Gasteiger partial charge is 0.192 e. The van der Waals surface area contributed by atoms with Crippen molar-refractivity contribution in [1.82, 2.24) is 0 Å². The second kappa shape index (κ2) is 3.46. The van der Waals surface area contributed by atoms with E-state index in [4.69, 9.17) is 10.5 Å². The molecular weight excluding hydrogens is 160 g/mol. The van der Waals surface area contributed by atoms with Crippen molar-refractivity contribution in [2.24, 2.45) is 5.41 Å². The molecule has 0 spiro atoms. The van der Waals surface area contributed by atoms with Crippen LogP contribution in [0, 0.1) is 28.1 Å². The van der Waals surface area contributed by atoms with Crippen LogP contribution in [0.1, 0.15) is 26.7 Å². The number of rotatable bonds is 0. The van der Waals surface area contributed by atoms with Gasteiger partial charge in [-0.1, -0.05) is 26.0 Å². The molecule has 0 aromatic heterocycles. The van der Waals surface area contributed by atoms with Crippen LogP contribution in [-0.4, -0.2) is 0 Å². The summed E-state index contributed by atoms with van der Waals surface area (Å²) in [6, 6.07) is 3.85. The predicted octanol–water partition coefficient (Wildman–Crippen LogP) is 2.71. The zero-order valence-electron chi connectivity index (χ0n) is 7.96. The second-order valence-electron chi connectivity index (χ2n) is 4.07. The molecule has 1 aliphatic rings. The van der Waals surface area contributed by atoms with Crippen molar-refractivity contribution in [2.45, 2.75) is 26.7 Å². The molecular formula is C11H12N2. The Bertz CT molecular complexity index is 329. The van der Waals surface area contributed by atoms with Crippen molar-refractivity contribution >= 4 is 0 Å². The lowest BCUT2D eigenvalue weighted by Crippen LogP contribution is -2.14. The maximum absolute atomic E-state index is 8.68. The van der Waals surface area contributed by atoms with Gasteiger partial charge < -0.3 is 0 Å². The van der Waals surface area contributed by atoms with Crippen molar-refractivity contribution in [3.8, 4) is 12.1 Å². The first-order valence-electron chi connectivity index (χ1n) is 4.29. The Morgan fingerprint density at radius 3 is 2.46 bits per heavy atom. The average molecular weight is 172 g/mol. The third-order valence-corrected chi connectivity index (χ3v) is 2.20. The average Bonchev–Trinajstić information content (AvgIpc) is 2.05. The highest BCUT2D eigenvalue weighted by atomic mass is 14.3. The van der Waals surface area contributed by atoms with Gasteiger partial charge in [-0.15, -0.1) is 0 Å². The third kappa shape index (κ3) is 2.20. The molecule has 0 saturated heterocycles. The molecule has 0 aromatic rings. The Morgan fingerprint density at radius 1 is 1.38 bits per heavy atom. The first-order chi connectivity index (χ1) is 6.09. The van der Waals surface area contributed by atoms with Crippen molar-refractivity contribution in [2.75, 3.05) is 0 Å². The minimum atomic E-state index is 0.184. The van der Waals surface area contributed by atoms with E-state index < -0.39 is 0 Å². The van der Waals surface area contributed by atoms with Crippen molar-refractivity contribution in [1.29, 1.82) is 10.5 Å². The highest BCUT2D eigenvalue weighted by Crippen LogP contribution is 2.35. The summed E-state index contributed by atoms with van der Waals surface area (Å²) in [5, 5.41) is 17.4. The zero-order chi connectivity index (χ0) is 9.90. The van der Waals surface area contributed by atoms with Gasteiger partial charge in [0.05, 0.1) is 0 Å². The molecule has 0 aromatic carbocycles. The topological polar surface area (TPSA) is 47.6 Å². The maximum atomic E-state index is 8.68. The quantitative estimate of drug-likeness (QED) is 0.527. The molecule has 1 aliphatic carbocycles. The summed E-state index contributed by atoms with van der Waals surface area (Å²) < 4.78 is 0. The van der Waals surface area contributed by atoms with E-state index in [0.29, 0.717) is 0 Å². The van der Waals surface area contributed by atoms with E-state index in [1.165, 1.54) is 0 Å². The molecule has 66 valence electrons. The summed E-state index contributed by atoms with van der Waals surface area (Å²) in [4.78, 5) is 0. The second-order valence-corrected chi connectivity index (χ2v) is 4.07. The van der Waals surface area contributed by atoms with Gasteiger partial charge in [0.1, 0.15) is 17.7 Å². The van der Waals surface area contributed by atoms with Crippen LogP contribution in [0.4, 0.5) is 0 Å². The molecule has 0 atom stereocenters. The minimum absolute atomic E-state index is 0.184. The third-order valence-electron chi connectivity index (χ3n) is 2.20. The molecule has 0 heterocycles. The number of allylic oxidation sites excluding steroid dienone is 4. The Labute approximate surface area is 78.8 Å². The predicted molar refractivity (Wildman–Crippen MR) is 50.4 cm³/mol. The smallest absolute Gasteiger partial charge is 0.132 e. The van der Waals surface area contributed by atoms with Crippen LogP contribution >= 0.6 is 0 Å². The monoisotopic (exact) mass is 172 g/mol. The normalized spacial score (nSPS) is 18.9. The standard InChI is InChI=1S/C11H12N2/c1-11(2)5-3-4-9(6-11)10(7-12)8-13/h3-4H,5-6H2,1-2H3. The van der Waals surface area contributed by atoms with E-state index >= 15 is 0 Å². The Balaban J connectivity index is 3.05. The van der Waals surface area contributed by atoms with Crippen LogP contribution in [0.3, 0.4) is 0 Å². The summed E-state index contributed by atoms with van der Waals surface area (Å²) in [5.74, 6) is 0. The van der Waals surface area contributed by atoms with E-state index in [1.807, 2.05) is 24.3 Å². The van der Waals surface area contributed by atoms with Crippen LogP contribution in [0.5, 0.6) is 0 Å². The molecule has 0 unspecified atom stereocenters. The summed E-state index contributed by atoms with van der Waals surface area (Å²) in [6.45, 7) is 4.28. The lowest BCUT2D eigenvalue weighted by Gasteiger charge is -2.27. The molecule has 2 nitrogen and oxygen atoms in total. The SMILES string of the molecule is CC1(C)CC=CC(=C(C#N)C#N)C1. The van der Waals surface area contributed by atoms with Gasteiger partial charge in [0.15, 0.2) is 0 Å². The van der Waals surface area contributed by atoms with Crippen LogP contribution in [0.2, 0.25) is 0 Å². The van der Waals surface area contributed by atoms with Gasteiger partial charge in [-0.25, -0.2) is 0 Å². The zero-order valence-corrected chi connectivity index (χ0v) is 7.96. The van der Waals surface area contributed by atoms with Crippen LogP contribution in [0.15, 0.2) is 23.3 Å². The summed E-state index contributed by atoms with van der Waals surface area (Å²) in [7, 11) is 0. The van der Waals surface area contributed by atoms with E-state index in [2.05, 4.69) is 13.8 Å². The van der Waals surface area contributed by atoms with Gasteiger partial charge in [-0.3, -0.25) is 0 Å². The fourth-order valence-corrected chi connectivity index (χ4v) is 1.51. The molecule has 2 heteroatoms. The van der Waals surface area contributed by atoms with E-state index in [-0.39, 0.29) is 11.0 Å². The summed E-state index contributed by atoms with van der Waals surface area (Å²) >= 11 is 0. The van der Waals surface area contributed by atoms with Crippen LogP contribution in [0.25, 0.3) is 0 Å². The van der Waals surface area contributed by atoms with Gasteiger partial charge in [0, 0.05) is 0 Å².